The predicted molar refractivity (Wildman–Crippen MR) is 48.3 cm³/mol. The second kappa shape index (κ2) is 3.78. The second-order valence-electron chi connectivity index (χ2n) is 3.66. The molecule has 62 valence electrons. The highest BCUT2D eigenvalue weighted by Crippen LogP contribution is 2.43. The van der Waals surface area contributed by atoms with Crippen molar-refractivity contribution in [3.05, 3.63) is 0 Å². The first-order valence-electron chi connectivity index (χ1n) is 4.37. The monoisotopic (exact) mass is 151 g/mol. The zero-order chi connectivity index (χ0) is 8.16. The summed E-state index contributed by atoms with van der Waals surface area (Å²) in [6.07, 6.45) is 3.80. The SMILES string of the molecule is CC#CCCNCC1(C)CC1. The van der Waals surface area contributed by atoms with Gasteiger partial charge in [0.2, 0.25) is 0 Å². The van der Waals surface area contributed by atoms with Crippen LogP contribution in [-0.4, -0.2) is 13.1 Å². The molecule has 0 spiro atoms. The van der Waals surface area contributed by atoms with E-state index in [1.165, 1.54) is 19.4 Å². The van der Waals surface area contributed by atoms with Gasteiger partial charge in [0.05, 0.1) is 0 Å². The minimum atomic E-state index is 0.639. The van der Waals surface area contributed by atoms with Gasteiger partial charge in [-0.05, 0) is 25.2 Å². The third-order valence-corrected chi connectivity index (χ3v) is 2.26. The molecule has 1 rings (SSSR count). The second-order valence-corrected chi connectivity index (χ2v) is 3.66. The Balaban J connectivity index is 1.91. The van der Waals surface area contributed by atoms with Crippen molar-refractivity contribution < 1.29 is 0 Å². The molecular weight excluding hydrogens is 134 g/mol. The van der Waals surface area contributed by atoms with Gasteiger partial charge in [0, 0.05) is 19.5 Å². The molecule has 0 unspecified atom stereocenters. The minimum Gasteiger partial charge on any atom is -0.315 e. The highest BCUT2D eigenvalue weighted by Gasteiger charge is 2.36. The summed E-state index contributed by atoms with van der Waals surface area (Å²) in [7, 11) is 0. The van der Waals surface area contributed by atoms with Gasteiger partial charge in [0.25, 0.3) is 0 Å². The summed E-state index contributed by atoms with van der Waals surface area (Å²) in [4.78, 5) is 0. The van der Waals surface area contributed by atoms with E-state index in [0.29, 0.717) is 5.41 Å². The van der Waals surface area contributed by atoms with Crippen LogP contribution in [0.4, 0.5) is 0 Å². The molecule has 1 aliphatic carbocycles. The molecule has 0 bridgehead atoms. The summed E-state index contributed by atoms with van der Waals surface area (Å²) in [6.45, 7) is 6.46. The van der Waals surface area contributed by atoms with Crippen molar-refractivity contribution in [3.8, 4) is 11.8 Å². The van der Waals surface area contributed by atoms with E-state index in [9.17, 15) is 0 Å². The van der Waals surface area contributed by atoms with Gasteiger partial charge in [0.15, 0.2) is 0 Å². The number of hydrogen-bond acceptors (Lipinski definition) is 1. The molecule has 11 heavy (non-hydrogen) atoms. The van der Waals surface area contributed by atoms with Gasteiger partial charge in [0.1, 0.15) is 0 Å². The first-order valence-corrected chi connectivity index (χ1v) is 4.37. The minimum absolute atomic E-state index is 0.639. The Labute approximate surface area is 69.6 Å². The van der Waals surface area contributed by atoms with Gasteiger partial charge < -0.3 is 5.32 Å². The Morgan fingerprint density at radius 3 is 2.73 bits per heavy atom. The molecule has 1 fully saturated rings. The highest BCUT2D eigenvalue weighted by molar-refractivity contribution is 4.96. The molecule has 0 radical (unpaired) electrons. The van der Waals surface area contributed by atoms with Crippen LogP contribution in [0.3, 0.4) is 0 Å². The molecule has 0 aromatic rings. The zero-order valence-electron chi connectivity index (χ0n) is 7.54. The maximum atomic E-state index is 3.42. The Kier molecular flexibility index (Phi) is 2.96. The fraction of sp³-hybridized carbons (Fsp3) is 0.800. The quantitative estimate of drug-likeness (QED) is 0.477. The molecule has 0 aromatic carbocycles. The molecule has 0 heterocycles. The van der Waals surface area contributed by atoms with E-state index in [2.05, 4.69) is 24.1 Å². The first kappa shape index (κ1) is 8.62. The molecule has 0 aliphatic heterocycles. The van der Waals surface area contributed by atoms with Crippen LogP contribution < -0.4 is 5.32 Å². The van der Waals surface area contributed by atoms with Gasteiger partial charge >= 0.3 is 0 Å². The van der Waals surface area contributed by atoms with Crippen molar-refractivity contribution >= 4 is 0 Å². The van der Waals surface area contributed by atoms with Crippen molar-refractivity contribution in [3.63, 3.8) is 0 Å². The number of nitrogens with one attached hydrogen (secondary N) is 1. The summed E-state index contributed by atoms with van der Waals surface area (Å²) in [6, 6.07) is 0. The fourth-order valence-corrected chi connectivity index (χ4v) is 1.06. The van der Waals surface area contributed by atoms with Crippen LogP contribution in [0.5, 0.6) is 0 Å². The van der Waals surface area contributed by atoms with Crippen LogP contribution in [0.2, 0.25) is 0 Å². The lowest BCUT2D eigenvalue weighted by molar-refractivity contribution is 0.505. The average molecular weight is 151 g/mol. The van der Waals surface area contributed by atoms with E-state index in [4.69, 9.17) is 0 Å². The predicted octanol–water partition coefficient (Wildman–Crippen LogP) is 1.79. The molecular formula is C10H17N. The van der Waals surface area contributed by atoms with Crippen molar-refractivity contribution in [1.29, 1.82) is 0 Å². The third-order valence-electron chi connectivity index (χ3n) is 2.26. The normalized spacial score (nSPS) is 18.7. The van der Waals surface area contributed by atoms with Gasteiger partial charge in [-0.2, -0.15) is 0 Å². The Bertz CT molecular complexity index is 169. The third kappa shape index (κ3) is 3.43. The van der Waals surface area contributed by atoms with E-state index in [-0.39, 0.29) is 0 Å². The zero-order valence-corrected chi connectivity index (χ0v) is 7.54. The van der Waals surface area contributed by atoms with E-state index in [1.807, 2.05) is 6.92 Å². The smallest absolute Gasteiger partial charge is 0.0214 e. The van der Waals surface area contributed by atoms with Gasteiger partial charge in [-0.1, -0.05) is 6.92 Å². The van der Waals surface area contributed by atoms with Crippen LogP contribution in [0.15, 0.2) is 0 Å². The summed E-state index contributed by atoms with van der Waals surface area (Å²) in [5.41, 5.74) is 0.639. The lowest BCUT2D eigenvalue weighted by atomic mass is 10.1. The van der Waals surface area contributed by atoms with Crippen molar-refractivity contribution in [1.82, 2.24) is 5.32 Å². The molecule has 1 aliphatic rings. The van der Waals surface area contributed by atoms with Crippen LogP contribution in [0, 0.1) is 17.3 Å². The van der Waals surface area contributed by atoms with E-state index in [1.54, 1.807) is 0 Å². The van der Waals surface area contributed by atoms with Crippen LogP contribution in [-0.2, 0) is 0 Å². The van der Waals surface area contributed by atoms with Gasteiger partial charge in [-0.25, -0.2) is 0 Å². The van der Waals surface area contributed by atoms with Gasteiger partial charge in [-0.15, -0.1) is 11.8 Å². The summed E-state index contributed by atoms with van der Waals surface area (Å²) >= 11 is 0. The number of hydrogen-bond donors (Lipinski definition) is 1. The van der Waals surface area contributed by atoms with Crippen LogP contribution >= 0.6 is 0 Å². The molecule has 1 N–H and O–H groups in total. The van der Waals surface area contributed by atoms with E-state index in [0.717, 1.165) is 13.0 Å². The lowest BCUT2D eigenvalue weighted by Crippen LogP contribution is -2.22. The molecule has 1 heteroatoms. The van der Waals surface area contributed by atoms with Crippen LogP contribution in [0.1, 0.15) is 33.1 Å². The Hall–Kier alpha value is -0.480. The van der Waals surface area contributed by atoms with E-state index >= 15 is 0 Å². The standard InChI is InChI=1S/C10H17N/c1-3-4-5-8-11-9-10(2)6-7-10/h11H,5-9H2,1-2H3. The largest absolute Gasteiger partial charge is 0.315 e. The highest BCUT2D eigenvalue weighted by atomic mass is 14.9. The van der Waals surface area contributed by atoms with Crippen molar-refractivity contribution in [2.75, 3.05) is 13.1 Å². The van der Waals surface area contributed by atoms with Crippen molar-refractivity contribution in [2.24, 2.45) is 5.41 Å². The van der Waals surface area contributed by atoms with Crippen molar-refractivity contribution in [2.45, 2.75) is 33.1 Å². The maximum Gasteiger partial charge on any atom is 0.0214 e. The number of rotatable bonds is 4. The Morgan fingerprint density at radius 1 is 1.45 bits per heavy atom. The topological polar surface area (TPSA) is 12.0 Å². The van der Waals surface area contributed by atoms with Crippen LogP contribution in [0.25, 0.3) is 0 Å². The molecule has 0 atom stereocenters. The summed E-state index contributed by atoms with van der Waals surface area (Å²) < 4.78 is 0. The first-order chi connectivity index (χ1) is 5.27. The molecule has 1 saturated carbocycles. The molecule has 1 nitrogen and oxygen atoms in total. The maximum absolute atomic E-state index is 3.42. The molecule has 0 aromatic heterocycles. The molecule has 0 amide bonds. The lowest BCUT2D eigenvalue weighted by Gasteiger charge is -2.07. The fourth-order valence-electron chi connectivity index (χ4n) is 1.06. The summed E-state index contributed by atoms with van der Waals surface area (Å²) in [5, 5.41) is 3.42. The average Bonchev–Trinajstić information content (AvgIpc) is 2.69. The van der Waals surface area contributed by atoms with E-state index < -0.39 is 0 Å². The molecule has 0 saturated heterocycles. The Morgan fingerprint density at radius 2 is 2.18 bits per heavy atom. The van der Waals surface area contributed by atoms with Gasteiger partial charge in [-0.3, -0.25) is 0 Å². The summed E-state index contributed by atoms with van der Waals surface area (Å²) in [5.74, 6) is 5.93.